The van der Waals surface area contributed by atoms with Crippen molar-refractivity contribution < 1.29 is 19.2 Å². The zero-order chi connectivity index (χ0) is 18.4. The Labute approximate surface area is 147 Å². The number of benzene rings is 1. The molecule has 1 N–H and O–H groups in total. The van der Waals surface area contributed by atoms with Crippen molar-refractivity contribution in [3.63, 3.8) is 0 Å². The predicted molar refractivity (Wildman–Crippen MR) is 90.2 cm³/mol. The van der Waals surface area contributed by atoms with Crippen molar-refractivity contribution >= 4 is 34.9 Å². The third-order valence-electron chi connectivity index (χ3n) is 3.22. The van der Waals surface area contributed by atoms with E-state index in [1.54, 1.807) is 18.2 Å². The second kappa shape index (κ2) is 8.20. The SMILES string of the molecule is CC(OC(=O)Cc1ccccc1[N+](=O)[O-])C(=O)Nc1cccnc1Cl. The Morgan fingerprint density at radius 3 is 2.72 bits per heavy atom. The molecule has 0 fully saturated rings. The van der Waals surface area contributed by atoms with Gasteiger partial charge in [0.2, 0.25) is 0 Å². The summed E-state index contributed by atoms with van der Waals surface area (Å²) < 4.78 is 5.03. The lowest BCUT2D eigenvalue weighted by molar-refractivity contribution is -0.385. The lowest BCUT2D eigenvalue weighted by Gasteiger charge is -2.14. The highest BCUT2D eigenvalue weighted by molar-refractivity contribution is 6.32. The van der Waals surface area contributed by atoms with E-state index in [-0.39, 0.29) is 28.5 Å². The first-order chi connectivity index (χ1) is 11.9. The van der Waals surface area contributed by atoms with Crippen LogP contribution in [0.15, 0.2) is 42.6 Å². The van der Waals surface area contributed by atoms with E-state index in [2.05, 4.69) is 10.3 Å². The van der Waals surface area contributed by atoms with Crippen LogP contribution in [-0.4, -0.2) is 27.9 Å². The highest BCUT2D eigenvalue weighted by Crippen LogP contribution is 2.20. The van der Waals surface area contributed by atoms with E-state index in [4.69, 9.17) is 16.3 Å². The highest BCUT2D eigenvalue weighted by Gasteiger charge is 2.21. The molecule has 0 aliphatic heterocycles. The maximum atomic E-state index is 12.0. The summed E-state index contributed by atoms with van der Waals surface area (Å²) >= 11 is 5.84. The number of hydrogen-bond acceptors (Lipinski definition) is 6. The minimum Gasteiger partial charge on any atom is -0.452 e. The molecule has 25 heavy (non-hydrogen) atoms. The zero-order valence-electron chi connectivity index (χ0n) is 13.1. The summed E-state index contributed by atoms with van der Waals surface area (Å²) in [4.78, 5) is 38.2. The van der Waals surface area contributed by atoms with E-state index in [1.807, 2.05) is 0 Å². The molecule has 8 nitrogen and oxygen atoms in total. The van der Waals surface area contributed by atoms with Gasteiger partial charge >= 0.3 is 5.97 Å². The van der Waals surface area contributed by atoms with Crippen molar-refractivity contribution in [1.29, 1.82) is 0 Å². The Balaban J connectivity index is 1.97. The third-order valence-corrected chi connectivity index (χ3v) is 3.52. The summed E-state index contributed by atoms with van der Waals surface area (Å²) in [5, 5.41) is 13.5. The smallest absolute Gasteiger partial charge is 0.311 e. The van der Waals surface area contributed by atoms with Crippen molar-refractivity contribution in [3.8, 4) is 0 Å². The monoisotopic (exact) mass is 363 g/mol. The number of carbonyl (C=O) groups excluding carboxylic acids is 2. The molecule has 0 saturated carbocycles. The Kier molecular flexibility index (Phi) is 6.02. The van der Waals surface area contributed by atoms with Crippen molar-refractivity contribution in [2.45, 2.75) is 19.4 Å². The topological polar surface area (TPSA) is 111 Å². The van der Waals surface area contributed by atoms with Gasteiger partial charge in [0.15, 0.2) is 11.3 Å². The molecule has 0 bridgehead atoms. The van der Waals surface area contributed by atoms with Crippen LogP contribution < -0.4 is 5.32 Å². The van der Waals surface area contributed by atoms with Gasteiger partial charge in [-0.15, -0.1) is 0 Å². The number of hydrogen-bond donors (Lipinski definition) is 1. The van der Waals surface area contributed by atoms with Gasteiger partial charge in [-0.2, -0.15) is 0 Å². The van der Waals surface area contributed by atoms with Gasteiger partial charge in [0, 0.05) is 17.8 Å². The summed E-state index contributed by atoms with van der Waals surface area (Å²) in [5.74, 6) is -1.35. The van der Waals surface area contributed by atoms with Gasteiger partial charge in [-0.05, 0) is 19.1 Å². The number of aromatic nitrogens is 1. The van der Waals surface area contributed by atoms with E-state index in [1.165, 1.54) is 31.3 Å². The Morgan fingerprint density at radius 1 is 1.32 bits per heavy atom. The quantitative estimate of drug-likeness (QED) is 0.365. The summed E-state index contributed by atoms with van der Waals surface area (Å²) in [5.41, 5.74) is 0.315. The van der Waals surface area contributed by atoms with E-state index in [0.717, 1.165) is 0 Å². The molecule has 1 amide bonds. The number of nitrogens with one attached hydrogen (secondary N) is 1. The first-order valence-electron chi connectivity index (χ1n) is 7.21. The summed E-state index contributed by atoms with van der Waals surface area (Å²) in [7, 11) is 0. The second-order valence-electron chi connectivity index (χ2n) is 5.03. The normalized spacial score (nSPS) is 11.4. The highest BCUT2D eigenvalue weighted by atomic mass is 35.5. The van der Waals surface area contributed by atoms with E-state index in [0.29, 0.717) is 0 Å². The van der Waals surface area contributed by atoms with Crippen LogP contribution in [0.4, 0.5) is 11.4 Å². The fraction of sp³-hybridized carbons (Fsp3) is 0.188. The van der Waals surface area contributed by atoms with Gasteiger partial charge in [0.05, 0.1) is 17.0 Å². The number of halogens is 1. The van der Waals surface area contributed by atoms with E-state index >= 15 is 0 Å². The maximum Gasteiger partial charge on any atom is 0.311 e. The molecule has 0 radical (unpaired) electrons. The first kappa shape index (κ1) is 18.3. The first-order valence-corrected chi connectivity index (χ1v) is 7.59. The average Bonchev–Trinajstić information content (AvgIpc) is 2.57. The number of carbonyl (C=O) groups is 2. The van der Waals surface area contributed by atoms with Crippen LogP contribution in [0.25, 0.3) is 0 Å². The van der Waals surface area contributed by atoms with Crippen LogP contribution >= 0.6 is 11.6 Å². The minimum atomic E-state index is -1.11. The van der Waals surface area contributed by atoms with Crippen LogP contribution in [-0.2, 0) is 20.7 Å². The van der Waals surface area contributed by atoms with Crippen LogP contribution in [0.3, 0.4) is 0 Å². The number of rotatable bonds is 6. The van der Waals surface area contributed by atoms with Gasteiger partial charge < -0.3 is 10.1 Å². The molecule has 0 aliphatic carbocycles. The van der Waals surface area contributed by atoms with Crippen molar-refractivity contribution in [1.82, 2.24) is 4.98 Å². The summed E-state index contributed by atoms with van der Waals surface area (Å²) in [6.07, 6.45) is 0.0444. The van der Waals surface area contributed by atoms with Crippen LogP contribution in [0.5, 0.6) is 0 Å². The lowest BCUT2D eigenvalue weighted by Crippen LogP contribution is -2.30. The molecule has 1 unspecified atom stereocenters. The number of nitrogens with zero attached hydrogens (tertiary/aromatic N) is 2. The molecule has 0 aliphatic rings. The number of anilines is 1. The molecule has 1 atom stereocenters. The lowest BCUT2D eigenvalue weighted by atomic mass is 10.1. The maximum absolute atomic E-state index is 12.0. The number of esters is 1. The molecular formula is C16H14ClN3O5. The van der Waals surface area contributed by atoms with Gasteiger partial charge in [0.1, 0.15) is 0 Å². The van der Waals surface area contributed by atoms with E-state index < -0.39 is 22.9 Å². The number of nitro groups is 1. The number of para-hydroxylation sites is 1. The second-order valence-corrected chi connectivity index (χ2v) is 5.38. The number of nitro benzene ring substituents is 1. The van der Waals surface area contributed by atoms with Gasteiger partial charge in [0.25, 0.3) is 11.6 Å². The third kappa shape index (κ3) is 4.98. The Morgan fingerprint density at radius 2 is 2.04 bits per heavy atom. The van der Waals surface area contributed by atoms with Crippen LogP contribution in [0, 0.1) is 10.1 Å². The number of pyridine rings is 1. The fourth-order valence-electron chi connectivity index (χ4n) is 2.00. The molecule has 2 rings (SSSR count). The molecule has 0 spiro atoms. The molecule has 1 aromatic carbocycles. The molecule has 1 aromatic heterocycles. The number of amides is 1. The van der Waals surface area contributed by atoms with Gasteiger partial charge in [-0.25, -0.2) is 4.98 Å². The summed E-state index contributed by atoms with van der Waals surface area (Å²) in [6.45, 7) is 1.39. The van der Waals surface area contributed by atoms with Gasteiger partial charge in [-0.3, -0.25) is 19.7 Å². The standard InChI is InChI=1S/C16H14ClN3O5/c1-10(16(22)19-12-6-4-8-18-15(12)17)25-14(21)9-11-5-2-3-7-13(11)20(23)24/h2-8,10H,9H2,1H3,(H,19,22). The molecule has 1 heterocycles. The largest absolute Gasteiger partial charge is 0.452 e. The molecule has 0 saturated heterocycles. The fourth-order valence-corrected chi connectivity index (χ4v) is 2.17. The zero-order valence-corrected chi connectivity index (χ0v) is 13.9. The predicted octanol–water partition coefficient (Wildman–Crippen LogP) is 2.76. The van der Waals surface area contributed by atoms with Crippen molar-refractivity contribution in [2.75, 3.05) is 5.32 Å². The van der Waals surface area contributed by atoms with Crippen molar-refractivity contribution in [3.05, 3.63) is 63.4 Å². The van der Waals surface area contributed by atoms with E-state index in [9.17, 15) is 19.7 Å². The molecule has 2 aromatic rings. The van der Waals surface area contributed by atoms with Crippen LogP contribution in [0.1, 0.15) is 12.5 Å². The number of ether oxygens (including phenoxy) is 1. The molecule has 130 valence electrons. The van der Waals surface area contributed by atoms with Gasteiger partial charge in [-0.1, -0.05) is 29.8 Å². The average molecular weight is 364 g/mol. The minimum absolute atomic E-state index is 0.106. The Hall–Kier alpha value is -3.00. The summed E-state index contributed by atoms with van der Waals surface area (Å²) in [6, 6.07) is 8.97. The van der Waals surface area contributed by atoms with Crippen molar-refractivity contribution in [2.24, 2.45) is 0 Å². The molecule has 9 heteroatoms. The Bertz CT molecular complexity index is 812. The molecular weight excluding hydrogens is 350 g/mol. The van der Waals surface area contributed by atoms with Crippen LogP contribution in [0.2, 0.25) is 5.15 Å².